The van der Waals surface area contributed by atoms with E-state index in [0.29, 0.717) is 13.1 Å². The van der Waals surface area contributed by atoms with E-state index < -0.39 is 0 Å². The highest BCUT2D eigenvalue weighted by Gasteiger charge is 2.15. The van der Waals surface area contributed by atoms with E-state index in [1.807, 2.05) is 40.1 Å². The Balaban J connectivity index is 2.56. The fourth-order valence-electron chi connectivity index (χ4n) is 1.85. The Bertz CT molecular complexity index is 418. The summed E-state index contributed by atoms with van der Waals surface area (Å²) in [5.41, 5.74) is 0.972. The number of carbonyl (C=O) groups is 1. The van der Waals surface area contributed by atoms with Crippen LogP contribution in [-0.4, -0.2) is 54.7 Å². The molecule has 0 heterocycles. The Hall–Kier alpha value is -1.75. The number of carbonyl (C=O) groups excluding carboxylic acids is 1. The van der Waals surface area contributed by atoms with Crippen LogP contribution in [0, 0.1) is 0 Å². The molecule has 0 spiro atoms. The molecule has 0 aromatic heterocycles. The second-order valence-electron chi connectivity index (χ2n) is 5.15. The second kappa shape index (κ2) is 7.75. The minimum Gasteiger partial charge on any atom is -0.508 e. The molecule has 0 aliphatic rings. The first-order valence-corrected chi connectivity index (χ1v) is 6.93. The minimum absolute atomic E-state index is 0.0603. The van der Waals surface area contributed by atoms with Crippen molar-refractivity contribution in [1.29, 1.82) is 0 Å². The number of nitrogens with one attached hydrogen (secondary N) is 1. The molecule has 1 unspecified atom stereocenters. The van der Waals surface area contributed by atoms with Crippen LogP contribution in [0.3, 0.4) is 0 Å². The van der Waals surface area contributed by atoms with Gasteiger partial charge >= 0.3 is 6.03 Å². The van der Waals surface area contributed by atoms with Crippen LogP contribution in [0.1, 0.15) is 25.5 Å². The third kappa shape index (κ3) is 5.09. The average molecular weight is 279 g/mol. The maximum absolute atomic E-state index is 12.2. The number of aromatic hydroxyl groups is 1. The van der Waals surface area contributed by atoms with Crippen molar-refractivity contribution in [3.8, 4) is 5.75 Å². The number of nitrogens with zero attached hydrogens (tertiary/aromatic N) is 2. The van der Waals surface area contributed by atoms with Crippen molar-refractivity contribution >= 4 is 6.03 Å². The zero-order valence-corrected chi connectivity index (χ0v) is 12.8. The van der Waals surface area contributed by atoms with Crippen molar-refractivity contribution in [2.75, 3.05) is 33.7 Å². The van der Waals surface area contributed by atoms with Gasteiger partial charge in [0, 0.05) is 19.6 Å². The molecular weight excluding hydrogens is 254 g/mol. The Morgan fingerprint density at radius 3 is 2.35 bits per heavy atom. The average Bonchev–Trinajstić information content (AvgIpc) is 2.39. The highest BCUT2D eigenvalue weighted by atomic mass is 16.3. The van der Waals surface area contributed by atoms with Gasteiger partial charge in [0.05, 0.1) is 6.04 Å². The first-order valence-electron chi connectivity index (χ1n) is 6.93. The maximum atomic E-state index is 12.2. The molecule has 0 saturated heterocycles. The summed E-state index contributed by atoms with van der Waals surface area (Å²) in [6.45, 7) is 6.14. The van der Waals surface area contributed by atoms with Crippen molar-refractivity contribution in [2.45, 2.75) is 19.9 Å². The van der Waals surface area contributed by atoms with E-state index in [1.54, 1.807) is 17.0 Å². The molecule has 2 N–H and O–H groups in total. The molecule has 0 fully saturated rings. The highest BCUT2D eigenvalue weighted by Crippen LogP contribution is 2.16. The molecule has 1 atom stereocenters. The van der Waals surface area contributed by atoms with Crippen LogP contribution in [0.15, 0.2) is 24.3 Å². The maximum Gasteiger partial charge on any atom is 0.317 e. The van der Waals surface area contributed by atoms with E-state index in [0.717, 1.165) is 12.1 Å². The molecule has 2 amide bonds. The van der Waals surface area contributed by atoms with Gasteiger partial charge < -0.3 is 20.2 Å². The first kappa shape index (κ1) is 16.3. The van der Waals surface area contributed by atoms with Crippen molar-refractivity contribution < 1.29 is 9.90 Å². The monoisotopic (exact) mass is 279 g/mol. The van der Waals surface area contributed by atoms with E-state index in [4.69, 9.17) is 0 Å². The number of phenolic OH excluding ortho intramolecular Hbond substituents is 1. The highest BCUT2D eigenvalue weighted by molar-refractivity contribution is 5.74. The van der Waals surface area contributed by atoms with Crippen molar-refractivity contribution in [3.05, 3.63) is 29.8 Å². The number of likely N-dealkylation sites (N-methyl/N-ethyl adjacent to an activating group) is 2. The molecule has 20 heavy (non-hydrogen) atoms. The molecule has 5 heteroatoms. The van der Waals surface area contributed by atoms with Crippen LogP contribution in [-0.2, 0) is 0 Å². The predicted octanol–water partition coefficient (Wildman–Crippen LogP) is 2.05. The number of urea groups is 1. The van der Waals surface area contributed by atoms with Crippen LogP contribution in [0.4, 0.5) is 4.79 Å². The lowest BCUT2D eigenvalue weighted by molar-refractivity contribution is 0.191. The zero-order chi connectivity index (χ0) is 15.1. The van der Waals surface area contributed by atoms with E-state index >= 15 is 0 Å². The van der Waals surface area contributed by atoms with Crippen LogP contribution in [0.2, 0.25) is 0 Å². The van der Waals surface area contributed by atoms with Crippen LogP contribution in [0.25, 0.3) is 0 Å². The lowest BCUT2D eigenvalue weighted by Crippen LogP contribution is -2.43. The molecule has 1 aromatic rings. The molecule has 0 bridgehead atoms. The molecule has 1 aromatic carbocycles. The standard InChI is InChI=1S/C15H25N3O2/c1-5-18(11-10-17(3)4)15(20)16-12(2)13-6-8-14(19)9-7-13/h6-9,12,19H,5,10-11H2,1-4H3,(H,16,20). The largest absolute Gasteiger partial charge is 0.508 e. The lowest BCUT2D eigenvalue weighted by Gasteiger charge is -2.25. The molecule has 0 saturated carbocycles. The van der Waals surface area contributed by atoms with Gasteiger partial charge in [0.25, 0.3) is 0 Å². The first-order chi connectivity index (χ1) is 9.43. The molecule has 1 rings (SSSR count). The topological polar surface area (TPSA) is 55.8 Å². The number of benzene rings is 1. The summed E-state index contributed by atoms with van der Waals surface area (Å²) < 4.78 is 0. The predicted molar refractivity (Wildman–Crippen MR) is 80.9 cm³/mol. The lowest BCUT2D eigenvalue weighted by atomic mass is 10.1. The molecular formula is C15H25N3O2. The summed E-state index contributed by atoms with van der Waals surface area (Å²) in [4.78, 5) is 16.0. The van der Waals surface area contributed by atoms with E-state index in [9.17, 15) is 9.90 Å². The summed E-state index contributed by atoms with van der Waals surface area (Å²) in [6, 6.07) is 6.74. The van der Waals surface area contributed by atoms with Gasteiger partial charge in [-0.3, -0.25) is 0 Å². The number of phenols is 1. The van der Waals surface area contributed by atoms with Crippen LogP contribution < -0.4 is 5.32 Å². The molecule has 5 nitrogen and oxygen atoms in total. The van der Waals surface area contributed by atoms with Gasteiger partial charge in [-0.15, -0.1) is 0 Å². The third-order valence-corrected chi connectivity index (χ3v) is 3.22. The van der Waals surface area contributed by atoms with Crippen molar-refractivity contribution in [2.24, 2.45) is 0 Å². The van der Waals surface area contributed by atoms with Gasteiger partial charge in [-0.1, -0.05) is 12.1 Å². The Labute approximate surface area is 121 Å². The minimum atomic E-state index is -0.0866. The Morgan fingerprint density at radius 1 is 1.25 bits per heavy atom. The molecule has 0 radical (unpaired) electrons. The van der Waals surface area contributed by atoms with E-state index in [2.05, 4.69) is 10.2 Å². The van der Waals surface area contributed by atoms with Gasteiger partial charge in [0.15, 0.2) is 0 Å². The second-order valence-corrected chi connectivity index (χ2v) is 5.15. The van der Waals surface area contributed by atoms with E-state index in [1.165, 1.54) is 0 Å². The Morgan fingerprint density at radius 2 is 1.85 bits per heavy atom. The molecule has 0 aliphatic heterocycles. The molecule has 112 valence electrons. The van der Waals surface area contributed by atoms with Crippen LogP contribution in [0.5, 0.6) is 5.75 Å². The fourth-order valence-corrected chi connectivity index (χ4v) is 1.85. The fraction of sp³-hybridized carbons (Fsp3) is 0.533. The summed E-state index contributed by atoms with van der Waals surface area (Å²) in [5.74, 6) is 0.230. The number of amides is 2. The molecule has 0 aliphatic carbocycles. The van der Waals surface area contributed by atoms with Gasteiger partial charge in [0.2, 0.25) is 0 Å². The van der Waals surface area contributed by atoms with Gasteiger partial charge in [-0.25, -0.2) is 4.79 Å². The summed E-state index contributed by atoms with van der Waals surface area (Å²) >= 11 is 0. The number of hydrogen-bond donors (Lipinski definition) is 2. The summed E-state index contributed by atoms with van der Waals surface area (Å²) in [7, 11) is 3.98. The summed E-state index contributed by atoms with van der Waals surface area (Å²) in [5, 5.41) is 12.2. The summed E-state index contributed by atoms with van der Waals surface area (Å²) in [6.07, 6.45) is 0. The number of hydrogen-bond acceptors (Lipinski definition) is 3. The quantitative estimate of drug-likeness (QED) is 0.838. The normalized spacial score (nSPS) is 12.2. The van der Waals surface area contributed by atoms with Crippen molar-refractivity contribution in [1.82, 2.24) is 15.1 Å². The number of rotatable bonds is 6. The van der Waals surface area contributed by atoms with Crippen LogP contribution >= 0.6 is 0 Å². The Kier molecular flexibility index (Phi) is 6.31. The van der Waals surface area contributed by atoms with Crippen molar-refractivity contribution in [3.63, 3.8) is 0 Å². The smallest absolute Gasteiger partial charge is 0.317 e. The van der Waals surface area contributed by atoms with Gasteiger partial charge in [-0.05, 0) is 45.6 Å². The van der Waals surface area contributed by atoms with Gasteiger partial charge in [-0.2, -0.15) is 0 Å². The van der Waals surface area contributed by atoms with Gasteiger partial charge in [0.1, 0.15) is 5.75 Å². The van der Waals surface area contributed by atoms with E-state index in [-0.39, 0.29) is 17.8 Å². The zero-order valence-electron chi connectivity index (χ0n) is 12.8. The SMILES string of the molecule is CCN(CCN(C)C)C(=O)NC(C)c1ccc(O)cc1. The third-order valence-electron chi connectivity index (χ3n) is 3.22.